The highest BCUT2D eigenvalue weighted by Gasteiger charge is 2.30. The number of aromatic nitrogens is 2. The normalized spacial score (nSPS) is 16.6. The lowest BCUT2D eigenvalue weighted by atomic mass is 9.99. The fourth-order valence-electron chi connectivity index (χ4n) is 3.77. The molecule has 1 N–H and O–H groups in total. The number of amides is 1. The minimum absolute atomic E-state index is 0.0338. The summed E-state index contributed by atoms with van der Waals surface area (Å²) in [6.45, 7) is 0.667. The second kappa shape index (κ2) is 8.61. The number of nitrogens with one attached hydrogen (secondary N) is 1. The number of thiophene rings is 1. The Morgan fingerprint density at radius 2 is 2.21 bits per heavy atom. The van der Waals surface area contributed by atoms with Gasteiger partial charge in [-0.25, -0.2) is 4.98 Å². The Labute approximate surface area is 173 Å². The summed E-state index contributed by atoms with van der Waals surface area (Å²) in [7, 11) is 1.62. The molecule has 1 saturated heterocycles. The van der Waals surface area contributed by atoms with Gasteiger partial charge in [-0.15, -0.1) is 0 Å². The molecule has 4 rings (SSSR count). The molecule has 6 nitrogen and oxygen atoms in total. The first kappa shape index (κ1) is 19.4. The van der Waals surface area contributed by atoms with Crippen molar-refractivity contribution in [3.63, 3.8) is 0 Å². The van der Waals surface area contributed by atoms with E-state index in [2.05, 4.69) is 4.98 Å². The highest BCUT2D eigenvalue weighted by atomic mass is 32.1. The third kappa shape index (κ3) is 4.40. The summed E-state index contributed by atoms with van der Waals surface area (Å²) in [5, 5.41) is 3.93. The summed E-state index contributed by atoms with van der Waals surface area (Å²) in [5.74, 6) is 1.34. The van der Waals surface area contributed by atoms with E-state index in [0.29, 0.717) is 24.5 Å². The van der Waals surface area contributed by atoms with Crippen LogP contribution < -0.4 is 10.3 Å². The van der Waals surface area contributed by atoms with E-state index in [1.165, 1.54) is 6.07 Å². The summed E-state index contributed by atoms with van der Waals surface area (Å²) in [4.78, 5) is 34.8. The molecule has 7 heteroatoms. The van der Waals surface area contributed by atoms with Crippen molar-refractivity contribution in [2.45, 2.75) is 31.7 Å². The summed E-state index contributed by atoms with van der Waals surface area (Å²) in [6, 6.07) is 10.8. The third-order valence-corrected chi connectivity index (χ3v) is 5.89. The van der Waals surface area contributed by atoms with Gasteiger partial charge in [-0.3, -0.25) is 9.59 Å². The van der Waals surface area contributed by atoms with Gasteiger partial charge in [-0.2, -0.15) is 11.3 Å². The van der Waals surface area contributed by atoms with Gasteiger partial charge in [0.05, 0.1) is 25.3 Å². The second-order valence-corrected chi connectivity index (χ2v) is 7.93. The number of piperidine rings is 1. The molecule has 0 spiro atoms. The number of benzene rings is 1. The summed E-state index contributed by atoms with van der Waals surface area (Å²) < 4.78 is 5.26. The molecular weight excluding hydrogens is 386 g/mol. The predicted molar refractivity (Wildman–Crippen MR) is 113 cm³/mol. The molecule has 0 radical (unpaired) electrons. The van der Waals surface area contributed by atoms with E-state index in [1.807, 2.05) is 46.0 Å². The van der Waals surface area contributed by atoms with Gasteiger partial charge in [0.1, 0.15) is 11.6 Å². The largest absolute Gasteiger partial charge is 0.497 e. The van der Waals surface area contributed by atoms with Crippen molar-refractivity contribution in [2.24, 2.45) is 0 Å². The first-order valence-corrected chi connectivity index (χ1v) is 10.6. The van der Waals surface area contributed by atoms with Crippen LogP contribution in [0, 0.1) is 0 Å². The van der Waals surface area contributed by atoms with Gasteiger partial charge in [-0.05, 0) is 48.4 Å². The van der Waals surface area contributed by atoms with Crippen molar-refractivity contribution in [1.82, 2.24) is 14.9 Å². The zero-order chi connectivity index (χ0) is 20.2. The lowest BCUT2D eigenvalue weighted by molar-refractivity contribution is -0.134. The molecule has 1 amide bonds. The van der Waals surface area contributed by atoms with Gasteiger partial charge in [-0.1, -0.05) is 12.1 Å². The number of likely N-dealkylation sites (tertiary alicyclic amines) is 1. The molecule has 1 fully saturated rings. The lowest BCUT2D eigenvalue weighted by Crippen LogP contribution is -2.40. The number of methoxy groups -OCH3 is 1. The number of rotatable bonds is 5. The van der Waals surface area contributed by atoms with Crippen LogP contribution in [-0.2, 0) is 11.2 Å². The number of ether oxygens (including phenoxy) is 1. The van der Waals surface area contributed by atoms with Crippen LogP contribution in [0.1, 0.15) is 36.7 Å². The van der Waals surface area contributed by atoms with Crippen LogP contribution in [0.25, 0.3) is 11.3 Å². The number of nitrogens with zero attached hydrogens (tertiary/aromatic N) is 2. The Morgan fingerprint density at radius 1 is 1.31 bits per heavy atom. The quantitative estimate of drug-likeness (QED) is 0.695. The van der Waals surface area contributed by atoms with Crippen molar-refractivity contribution in [2.75, 3.05) is 13.7 Å². The fraction of sp³-hybridized carbons (Fsp3) is 0.318. The number of hydrogen-bond donors (Lipinski definition) is 1. The Kier molecular flexibility index (Phi) is 5.76. The van der Waals surface area contributed by atoms with Crippen LogP contribution >= 0.6 is 11.3 Å². The van der Waals surface area contributed by atoms with E-state index >= 15 is 0 Å². The Bertz CT molecular complexity index is 1050. The molecule has 0 saturated carbocycles. The highest BCUT2D eigenvalue weighted by Crippen LogP contribution is 2.30. The molecule has 1 atom stereocenters. The molecule has 150 valence electrons. The van der Waals surface area contributed by atoms with Crippen LogP contribution in [0.15, 0.2) is 52.0 Å². The minimum atomic E-state index is -0.215. The maximum atomic E-state index is 13.1. The maximum absolute atomic E-state index is 13.1. The molecular formula is C22H23N3O3S. The van der Waals surface area contributed by atoms with Gasteiger partial charge in [0.15, 0.2) is 0 Å². The first-order chi connectivity index (χ1) is 14.1. The molecule has 0 bridgehead atoms. The van der Waals surface area contributed by atoms with Crippen LogP contribution in [0.3, 0.4) is 0 Å². The van der Waals surface area contributed by atoms with Gasteiger partial charge >= 0.3 is 0 Å². The molecule has 29 heavy (non-hydrogen) atoms. The number of carbonyl (C=O) groups is 1. The van der Waals surface area contributed by atoms with E-state index in [0.717, 1.165) is 36.1 Å². The van der Waals surface area contributed by atoms with Crippen LogP contribution in [0.5, 0.6) is 5.75 Å². The average Bonchev–Trinajstić information content (AvgIpc) is 3.28. The monoisotopic (exact) mass is 409 g/mol. The van der Waals surface area contributed by atoms with Gasteiger partial charge < -0.3 is 14.6 Å². The first-order valence-electron chi connectivity index (χ1n) is 9.70. The zero-order valence-corrected chi connectivity index (χ0v) is 17.1. The molecule has 2 aromatic heterocycles. The van der Waals surface area contributed by atoms with Gasteiger partial charge in [0, 0.05) is 23.6 Å². The average molecular weight is 410 g/mol. The number of H-pyrrole nitrogens is 1. The molecule has 3 heterocycles. The Hall–Kier alpha value is -2.93. The van der Waals surface area contributed by atoms with Crippen LogP contribution in [0.2, 0.25) is 0 Å². The number of hydrogen-bond acceptors (Lipinski definition) is 5. The van der Waals surface area contributed by atoms with Gasteiger partial charge in [0.2, 0.25) is 5.91 Å². The summed E-state index contributed by atoms with van der Waals surface area (Å²) in [6.07, 6.45) is 3.04. The predicted octanol–water partition coefficient (Wildman–Crippen LogP) is 3.80. The van der Waals surface area contributed by atoms with E-state index in [9.17, 15) is 9.59 Å². The summed E-state index contributed by atoms with van der Waals surface area (Å²) in [5.41, 5.74) is 2.29. The van der Waals surface area contributed by atoms with Crippen molar-refractivity contribution in [1.29, 1.82) is 0 Å². The van der Waals surface area contributed by atoms with E-state index in [4.69, 9.17) is 9.72 Å². The SMILES string of the molecule is COc1cccc(CC(=O)N2CCCC[C@@H]2c2nc(-c3ccsc3)cc(=O)[nH]2)c1. The lowest BCUT2D eigenvalue weighted by Gasteiger charge is -2.35. The molecule has 1 aliphatic heterocycles. The van der Waals surface area contributed by atoms with Crippen LogP contribution in [0.4, 0.5) is 0 Å². The van der Waals surface area contributed by atoms with Crippen molar-refractivity contribution >= 4 is 17.2 Å². The molecule has 3 aromatic rings. The zero-order valence-electron chi connectivity index (χ0n) is 16.3. The Balaban J connectivity index is 1.60. The minimum Gasteiger partial charge on any atom is -0.497 e. The second-order valence-electron chi connectivity index (χ2n) is 7.15. The smallest absolute Gasteiger partial charge is 0.251 e. The van der Waals surface area contributed by atoms with E-state index < -0.39 is 0 Å². The third-order valence-electron chi connectivity index (χ3n) is 5.21. The van der Waals surface area contributed by atoms with E-state index in [1.54, 1.807) is 18.4 Å². The molecule has 0 aliphatic carbocycles. The van der Waals surface area contributed by atoms with Gasteiger partial charge in [0.25, 0.3) is 5.56 Å². The summed E-state index contributed by atoms with van der Waals surface area (Å²) >= 11 is 1.56. The standard InChI is InChI=1S/C22H23N3O3S/c1-28-17-6-4-5-15(11-17)12-21(27)25-9-3-2-7-19(25)22-23-18(13-20(26)24-22)16-8-10-29-14-16/h4-6,8,10-11,13-14,19H,2-3,7,9,12H2,1H3,(H,23,24,26)/t19-/m1/s1. The number of aromatic amines is 1. The van der Waals surface area contributed by atoms with Crippen molar-refractivity contribution in [3.8, 4) is 17.0 Å². The molecule has 1 aromatic carbocycles. The van der Waals surface area contributed by atoms with Crippen molar-refractivity contribution in [3.05, 3.63) is 68.9 Å². The fourth-order valence-corrected chi connectivity index (χ4v) is 4.41. The Morgan fingerprint density at radius 3 is 3.00 bits per heavy atom. The molecule has 1 aliphatic rings. The maximum Gasteiger partial charge on any atom is 0.251 e. The molecule has 0 unspecified atom stereocenters. The van der Waals surface area contributed by atoms with Crippen molar-refractivity contribution < 1.29 is 9.53 Å². The topological polar surface area (TPSA) is 75.3 Å². The van der Waals surface area contributed by atoms with Crippen LogP contribution in [-0.4, -0.2) is 34.4 Å². The highest BCUT2D eigenvalue weighted by molar-refractivity contribution is 7.08. The van der Waals surface area contributed by atoms with E-state index in [-0.39, 0.29) is 17.5 Å². The number of carbonyl (C=O) groups excluding carboxylic acids is 1.